The Bertz CT molecular complexity index is 481. The van der Waals surface area contributed by atoms with Crippen molar-refractivity contribution in [3.05, 3.63) is 11.6 Å². The number of esters is 3. The van der Waals surface area contributed by atoms with Gasteiger partial charge in [-0.25, -0.2) is 0 Å². The molecule has 0 aromatic rings. The van der Waals surface area contributed by atoms with Crippen LogP contribution in [0, 0.1) is 23.7 Å². The van der Waals surface area contributed by atoms with Crippen LogP contribution in [-0.2, 0) is 28.6 Å². The topological polar surface area (TPSA) is 78.9 Å². The van der Waals surface area contributed by atoms with Gasteiger partial charge in [0.05, 0.1) is 38.1 Å². The Kier molecular flexibility index (Phi) is 7.26. The zero-order valence-electron chi connectivity index (χ0n) is 14.5. The summed E-state index contributed by atoms with van der Waals surface area (Å²) >= 11 is 0. The fourth-order valence-electron chi connectivity index (χ4n) is 3.04. The number of methoxy groups -OCH3 is 1. The fourth-order valence-corrected chi connectivity index (χ4v) is 3.04. The molecule has 0 radical (unpaired) electrons. The van der Waals surface area contributed by atoms with Gasteiger partial charge in [-0.1, -0.05) is 18.6 Å². The van der Waals surface area contributed by atoms with Crippen LogP contribution in [0.2, 0.25) is 0 Å². The first-order valence-electron chi connectivity index (χ1n) is 7.96. The molecule has 0 saturated carbocycles. The molecule has 0 amide bonds. The standard InChI is InChI=1S/C17H26O6/c1-6-22-16(19)13-8-10(3)12(11(4)15(18)21-5)9-14(13)17(20)23-7-2/h8,11-14H,6-7,9H2,1-5H3/t11-,12-,13+,14+/m1/s1. The zero-order chi connectivity index (χ0) is 17.6. The number of carbonyl (C=O) groups is 3. The monoisotopic (exact) mass is 326 g/mol. The van der Waals surface area contributed by atoms with Crippen LogP contribution in [-0.4, -0.2) is 38.2 Å². The minimum atomic E-state index is -0.671. The van der Waals surface area contributed by atoms with Gasteiger partial charge in [-0.05, 0) is 33.1 Å². The van der Waals surface area contributed by atoms with E-state index in [1.165, 1.54) is 7.11 Å². The first kappa shape index (κ1) is 19.2. The largest absolute Gasteiger partial charge is 0.469 e. The molecule has 0 saturated heterocycles. The average Bonchev–Trinajstić information content (AvgIpc) is 2.53. The molecule has 6 heteroatoms. The quantitative estimate of drug-likeness (QED) is 0.423. The summed E-state index contributed by atoms with van der Waals surface area (Å²) in [6.45, 7) is 7.55. The molecule has 0 heterocycles. The second-order valence-electron chi connectivity index (χ2n) is 5.70. The lowest BCUT2D eigenvalue weighted by atomic mass is 9.71. The van der Waals surface area contributed by atoms with E-state index in [9.17, 15) is 14.4 Å². The third-order valence-electron chi connectivity index (χ3n) is 4.29. The van der Waals surface area contributed by atoms with Crippen LogP contribution in [0.15, 0.2) is 11.6 Å². The third-order valence-corrected chi connectivity index (χ3v) is 4.29. The first-order valence-corrected chi connectivity index (χ1v) is 7.96. The van der Waals surface area contributed by atoms with E-state index < -0.39 is 29.7 Å². The minimum absolute atomic E-state index is 0.164. The number of carbonyl (C=O) groups excluding carboxylic acids is 3. The highest BCUT2D eigenvalue weighted by molar-refractivity contribution is 5.84. The Morgan fingerprint density at radius 2 is 1.74 bits per heavy atom. The van der Waals surface area contributed by atoms with Gasteiger partial charge < -0.3 is 14.2 Å². The van der Waals surface area contributed by atoms with Crippen LogP contribution in [0.25, 0.3) is 0 Å². The molecule has 0 aromatic heterocycles. The summed E-state index contributed by atoms with van der Waals surface area (Å²) in [7, 11) is 1.34. The summed E-state index contributed by atoms with van der Waals surface area (Å²) in [6.07, 6.45) is 2.09. The second-order valence-corrected chi connectivity index (χ2v) is 5.70. The summed E-state index contributed by atoms with van der Waals surface area (Å²) in [5.41, 5.74) is 0.890. The van der Waals surface area contributed by atoms with E-state index in [0.717, 1.165) is 5.57 Å². The SMILES string of the molecule is CCOC(=O)[C@H]1C=C(C)[C@H]([C@@H](C)C(=O)OC)C[C@@H]1C(=O)OCC. The van der Waals surface area contributed by atoms with Gasteiger partial charge in [0.2, 0.25) is 0 Å². The van der Waals surface area contributed by atoms with Crippen LogP contribution in [0.4, 0.5) is 0 Å². The van der Waals surface area contributed by atoms with E-state index in [1.54, 1.807) is 26.8 Å². The fraction of sp³-hybridized carbons (Fsp3) is 0.706. The van der Waals surface area contributed by atoms with Gasteiger partial charge in [-0.2, -0.15) is 0 Å². The molecule has 1 rings (SSSR count). The molecule has 0 spiro atoms. The van der Waals surface area contributed by atoms with E-state index in [2.05, 4.69) is 0 Å². The third kappa shape index (κ3) is 4.56. The highest BCUT2D eigenvalue weighted by atomic mass is 16.5. The highest BCUT2D eigenvalue weighted by Gasteiger charge is 2.42. The lowest BCUT2D eigenvalue weighted by Crippen LogP contribution is -2.39. The van der Waals surface area contributed by atoms with Crippen molar-refractivity contribution in [2.45, 2.75) is 34.1 Å². The lowest BCUT2D eigenvalue weighted by molar-refractivity contribution is -0.160. The highest BCUT2D eigenvalue weighted by Crippen LogP contribution is 2.39. The second kappa shape index (κ2) is 8.70. The van der Waals surface area contributed by atoms with Gasteiger partial charge in [0.1, 0.15) is 0 Å². The smallest absolute Gasteiger partial charge is 0.313 e. The van der Waals surface area contributed by atoms with Crippen molar-refractivity contribution in [1.29, 1.82) is 0 Å². The summed E-state index contributed by atoms with van der Waals surface area (Å²) in [5.74, 6) is -3.07. The number of hydrogen-bond acceptors (Lipinski definition) is 6. The van der Waals surface area contributed by atoms with Crippen LogP contribution >= 0.6 is 0 Å². The van der Waals surface area contributed by atoms with Crippen LogP contribution in [0.3, 0.4) is 0 Å². The van der Waals surface area contributed by atoms with Gasteiger partial charge in [0.25, 0.3) is 0 Å². The Morgan fingerprint density at radius 1 is 1.17 bits per heavy atom. The minimum Gasteiger partial charge on any atom is -0.469 e. The molecule has 0 aliphatic heterocycles. The van der Waals surface area contributed by atoms with Crippen molar-refractivity contribution < 1.29 is 28.6 Å². The van der Waals surface area contributed by atoms with E-state index in [0.29, 0.717) is 6.42 Å². The molecule has 0 N–H and O–H groups in total. The zero-order valence-corrected chi connectivity index (χ0v) is 14.5. The van der Waals surface area contributed by atoms with Crippen molar-refractivity contribution >= 4 is 17.9 Å². The Hall–Kier alpha value is -1.85. The van der Waals surface area contributed by atoms with Gasteiger partial charge in [0, 0.05) is 0 Å². The molecule has 23 heavy (non-hydrogen) atoms. The van der Waals surface area contributed by atoms with Crippen molar-refractivity contribution in [1.82, 2.24) is 0 Å². The molecular formula is C17H26O6. The van der Waals surface area contributed by atoms with Crippen molar-refractivity contribution in [2.24, 2.45) is 23.7 Å². The van der Waals surface area contributed by atoms with E-state index in [1.807, 2.05) is 6.92 Å². The maximum absolute atomic E-state index is 12.3. The summed E-state index contributed by atoms with van der Waals surface area (Å²) in [4.78, 5) is 36.2. The van der Waals surface area contributed by atoms with Crippen LogP contribution in [0.1, 0.15) is 34.1 Å². The number of allylic oxidation sites excluding steroid dienone is 1. The Labute approximate surface area is 137 Å². The molecule has 0 aromatic carbocycles. The maximum Gasteiger partial charge on any atom is 0.313 e. The molecular weight excluding hydrogens is 300 g/mol. The number of hydrogen-bond donors (Lipinski definition) is 0. The van der Waals surface area contributed by atoms with Crippen LogP contribution in [0.5, 0.6) is 0 Å². The maximum atomic E-state index is 12.3. The molecule has 0 fully saturated rings. The summed E-state index contributed by atoms with van der Waals surface area (Å²) < 4.78 is 15.0. The number of ether oxygens (including phenoxy) is 3. The predicted octanol–water partition coefficient (Wildman–Crippen LogP) is 2.12. The van der Waals surface area contributed by atoms with Crippen molar-refractivity contribution in [3.8, 4) is 0 Å². The van der Waals surface area contributed by atoms with Gasteiger partial charge in [-0.3, -0.25) is 14.4 Å². The predicted molar refractivity (Wildman–Crippen MR) is 83.3 cm³/mol. The van der Waals surface area contributed by atoms with Gasteiger partial charge in [-0.15, -0.1) is 0 Å². The van der Waals surface area contributed by atoms with Gasteiger partial charge in [0.15, 0.2) is 0 Å². The molecule has 0 unspecified atom stereocenters. The molecule has 130 valence electrons. The summed E-state index contributed by atoms with van der Waals surface area (Å²) in [6, 6.07) is 0. The first-order chi connectivity index (χ1) is 10.9. The average molecular weight is 326 g/mol. The van der Waals surface area contributed by atoms with Crippen LogP contribution < -0.4 is 0 Å². The Morgan fingerprint density at radius 3 is 2.26 bits per heavy atom. The number of rotatable bonds is 6. The lowest BCUT2D eigenvalue weighted by Gasteiger charge is -2.34. The van der Waals surface area contributed by atoms with Gasteiger partial charge >= 0.3 is 17.9 Å². The van der Waals surface area contributed by atoms with E-state index in [-0.39, 0.29) is 25.1 Å². The Balaban J connectivity index is 3.10. The molecule has 1 aliphatic carbocycles. The van der Waals surface area contributed by atoms with E-state index >= 15 is 0 Å². The van der Waals surface area contributed by atoms with E-state index in [4.69, 9.17) is 14.2 Å². The van der Waals surface area contributed by atoms with Crippen molar-refractivity contribution in [3.63, 3.8) is 0 Å². The normalized spacial score (nSPS) is 25.1. The molecule has 6 nitrogen and oxygen atoms in total. The molecule has 1 aliphatic rings. The summed E-state index contributed by atoms with van der Waals surface area (Å²) in [5, 5.41) is 0. The molecule has 0 bridgehead atoms. The van der Waals surface area contributed by atoms with Crippen molar-refractivity contribution in [2.75, 3.05) is 20.3 Å². The molecule has 4 atom stereocenters.